The molecule has 9 heteroatoms. The summed E-state index contributed by atoms with van der Waals surface area (Å²) < 4.78 is 23.3. The second-order valence-electron chi connectivity index (χ2n) is 6.11. The quantitative estimate of drug-likeness (QED) is 0.816. The van der Waals surface area contributed by atoms with Crippen LogP contribution in [0.5, 0.6) is 0 Å². The van der Waals surface area contributed by atoms with Gasteiger partial charge in [-0.1, -0.05) is 23.7 Å². The van der Waals surface area contributed by atoms with Gasteiger partial charge in [-0.3, -0.25) is 0 Å². The molecule has 1 fully saturated rings. The van der Waals surface area contributed by atoms with Crippen LogP contribution in [0.3, 0.4) is 0 Å². The van der Waals surface area contributed by atoms with Gasteiger partial charge in [0.25, 0.3) is 0 Å². The van der Waals surface area contributed by atoms with Crippen LogP contribution in [0.1, 0.15) is 12.0 Å². The third-order valence-corrected chi connectivity index (χ3v) is 6.23. The Labute approximate surface area is 152 Å². The van der Waals surface area contributed by atoms with Crippen molar-refractivity contribution >= 4 is 33.2 Å². The lowest BCUT2D eigenvalue weighted by atomic mass is 10.1. The first-order valence-electron chi connectivity index (χ1n) is 8.04. The van der Waals surface area contributed by atoms with Gasteiger partial charge in [0.2, 0.25) is 5.95 Å². The number of benzene rings is 1. The number of hydrogen-bond donors (Lipinski definition) is 1. The molecular formula is C16H20ClN5O2S. The molecular weight excluding hydrogens is 362 g/mol. The molecule has 2 heterocycles. The van der Waals surface area contributed by atoms with Crippen molar-refractivity contribution in [2.45, 2.75) is 18.9 Å². The fraction of sp³-hybridized carbons (Fsp3) is 0.438. The summed E-state index contributed by atoms with van der Waals surface area (Å²) in [6.07, 6.45) is 2.94. The number of rotatable bonds is 6. The summed E-state index contributed by atoms with van der Waals surface area (Å²) in [4.78, 5) is 6.30. The van der Waals surface area contributed by atoms with Gasteiger partial charge in [0.05, 0.1) is 17.7 Å². The third-order valence-electron chi connectivity index (χ3n) is 4.25. The summed E-state index contributed by atoms with van der Waals surface area (Å²) in [7, 11) is -1.10. The third kappa shape index (κ3) is 4.79. The Morgan fingerprint density at radius 3 is 2.96 bits per heavy atom. The zero-order chi connectivity index (χ0) is 17.9. The van der Waals surface area contributed by atoms with Crippen molar-refractivity contribution in [3.8, 4) is 0 Å². The second kappa shape index (κ2) is 7.53. The monoisotopic (exact) mass is 381 g/mol. The number of sulfone groups is 1. The molecule has 0 spiro atoms. The van der Waals surface area contributed by atoms with Crippen LogP contribution in [0.25, 0.3) is 0 Å². The Morgan fingerprint density at radius 1 is 1.40 bits per heavy atom. The van der Waals surface area contributed by atoms with Crippen LogP contribution >= 0.6 is 11.6 Å². The molecule has 2 aromatic rings. The number of nitrogens with zero attached hydrogens (tertiary/aromatic N) is 4. The van der Waals surface area contributed by atoms with Crippen LogP contribution in [-0.2, 0) is 16.3 Å². The van der Waals surface area contributed by atoms with Crippen molar-refractivity contribution < 1.29 is 8.42 Å². The first-order chi connectivity index (χ1) is 11.9. The molecule has 134 valence electrons. The average Bonchev–Trinajstić information content (AvgIpc) is 2.94. The summed E-state index contributed by atoms with van der Waals surface area (Å²) >= 11 is 5.98. The Bertz CT molecular complexity index is 846. The first-order valence-corrected chi connectivity index (χ1v) is 10.2. The van der Waals surface area contributed by atoms with Crippen molar-refractivity contribution in [1.29, 1.82) is 0 Å². The van der Waals surface area contributed by atoms with Crippen LogP contribution in [0.2, 0.25) is 5.02 Å². The van der Waals surface area contributed by atoms with E-state index in [9.17, 15) is 8.42 Å². The Morgan fingerprint density at radius 2 is 2.24 bits per heavy atom. The van der Waals surface area contributed by atoms with E-state index in [0.29, 0.717) is 29.8 Å². The van der Waals surface area contributed by atoms with E-state index in [1.54, 1.807) is 6.20 Å². The van der Waals surface area contributed by atoms with E-state index < -0.39 is 9.84 Å². The molecule has 0 bridgehead atoms. The molecule has 3 rings (SSSR count). The van der Waals surface area contributed by atoms with Crippen molar-refractivity contribution in [3.63, 3.8) is 0 Å². The minimum absolute atomic E-state index is 0.0685. The highest BCUT2D eigenvalue weighted by Gasteiger charge is 2.31. The van der Waals surface area contributed by atoms with Crippen LogP contribution in [-0.4, -0.2) is 54.7 Å². The lowest BCUT2D eigenvalue weighted by Crippen LogP contribution is -2.33. The van der Waals surface area contributed by atoms with E-state index in [2.05, 4.69) is 20.5 Å². The van der Waals surface area contributed by atoms with Gasteiger partial charge in [0, 0.05) is 24.7 Å². The molecule has 1 aromatic heterocycles. The number of aromatic nitrogens is 3. The Balaban J connectivity index is 1.59. The molecule has 1 N–H and O–H groups in total. The van der Waals surface area contributed by atoms with E-state index in [1.165, 1.54) is 0 Å². The van der Waals surface area contributed by atoms with Gasteiger partial charge in [0.15, 0.2) is 15.7 Å². The topological polar surface area (TPSA) is 88.1 Å². The Hall–Kier alpha value is -1.93. The van der Waals surface area contributed by atoms with E-state index >= 15 is 0 Å². The fourth-order valence-corrected chi connectivity index (χ4v) is 4.81. The SMILES string of the molecule is CN(c1cnnc(NCCc2cccc(Cl)c2)n1)C1CCS(=O)(=O)C1. The largest absolute Gasteiger partial charge is 0.354 e. The number of hydrogen-bond acceptors (Lipinski definition) is 7. The zero-order valence-corrected chi connectivity index (χ0v) is 15.5. The van der Waals surface area contributed by atoms with Crippen molar-refractivity contribution in [1.82, 2.24) is 15.2 Å². The summed E-state index contributed by atoms with van der Waals surface area (Å²) in [5.74, 6) is 1.42. The molecule has 7 nitrogen and oxygen atoms in total. The normalized spacial score (nSPS) is 18.9. The molecule has 1 aromatic carbocycles. The van der Waals surface area contributed by atoms with E-state index in [0.717, 1.165) is 12.0 Å². The predicted octanol–water partition coefficient (Wildman–Crippen LogP) is 1.80. The van der Waals surface area contributed by atoms with Gasteiger partial charge >= 0.3 is 0 Å². The zero-order valence-electron chi connectivity index (χ0n) is 13.9. The second-order valence-corrected chi connectivity index (χ2v) is 8.78. The van der Waals surface area contributed by atoms with Crippen LogP contribution in [0.15, 0.2) is 30.5 Å². The molecule has 0 amide bonds. The van der Waals surface area contributed by atoms with Gasteiger partial charge in [-0.15, -0.1) is 5.10 Å². The molecule has 1 aliphatic rings. The Kier molecular flexibility index (Phi) is 5.39. The minimum atomic E-state index is -2.94. The maximum Gasteiger partial charge on any atom is 0.244 e. The molecule has 1 saturated heterocycles. The summed E-state index contributed by atoms with van der Waals surface area (Å²) in [5.41, 5.74) is 1.12. The lowest BCUT2D eigenvalue weighted by Gasteiger charge is -2.24. The number of nitrogens with one attached hydrogen (secondary N) is 1. The van der Waals surface area contributed by atoms with Crippen LogP contribution in [0.4, 0.5) is 11.8 Å². The predicted molar refractivity (Wildman–Crippen MR) is 98.9 cm³/mol. The molecule has 1 unspecified atom stereocenters. The van der Waals surface area contributed by atoms with Crippen molar-refractivity contribution in [3.05, 3.63) is 41.0 Å². The van der Waals surface area contributed by atoms with Crippen molar-refractivity contribution in [2.24, 2.45) is 0 Å². The number of halogens is 1. The highest BCUT2D eigenvalue weighted by molar-refractivity contribution is 7.91. The minimum Gasteiger partial charge on any atom is -0.354 e. The highest BCUT2D eigenvalue weighted by Crippen LogP contribution is 2.21. The smallest absolute Gasteiger partial charge is 0.244 e. The van der Waals surface area contributed by atoms with E-state index in [-0.39, 0.29) is 17.5 Å². The van der Waals surface area contributed by atoms with Crippen LogP contribution in [0, 0.1) is 0 Å². The van der Waals surface area contributed by atoms with Gasteiger partial charge in [-0.2, -0.15) is 10.1 Å². The van der Waals surface area contributed by atoms with E-state index in [4.69, 9.17) is 11.6 Å². The molecule has 25 heavy (non-hydrogen) atoms. The maximum absolute atomic E-state index is 11.6. The molecule has 0 saturated carbocycles. The standard InChI is InChI=1S/C16H20ClN5O2S/c1-22(14-6-8-25(23,24)11-14)15-10-19-21-16(20-15)18-7-5-12-3-2-4-13(17)9-12/h2-4,9-10,14H,5-8,11H2,1H3,(H,18,20,21). The summed E-state index contributed by atoms with van der Waals surface area (Å²) in [5, 5.41) is 11.8. The summed E-state index contributed by atoms with van der Waals surface area (Å²) in [6, 6.07) is 7.63. The molecule has 0 aliphatic carbocycles. The number of anilines is 2. The first kappa shape index (κ1) is 17.9. The summed E-state index contributed by atoms with van der Waals surface area (Å²) in [6.45, 7) is 0.646. The van der Waals surface area contributed by atoms with Gasteiger partial charge in [-0.25, -0.2) is 8.42 Å². The molecule has 0 radical (unpaired) electrons. The highest BCUT2D eigenvalue weighted by atomic mass is 35.5. The van der Waals surface area contributed by atoms with Crippen LogP contribution < -0.4 is 10.2 Å². The van der Waals surface area contributed by atoms with E-state index in [1.807, 2.05) is 36.2 Å². The van der Waals surface area contributed by atoms with Gasteiger partial charge in [0.1, 0.15) is 0 Å². The maximum atomic E-state index is 11.6. The van der Waals surface area contributed by atoms with Gasteiger partial charge in [-0.05, 0) is 30.5 Å². The van der Waals surface area contributed by atoms with Crippen molar-refractivity contribution in [2.75, 3.05) is 35.3 Å². The fourth-order valence-electron chi connectivity index (χ4n) is 2.82. The molecule has 1 aliphatic heterocycles. The average molecular weight is 382 g/mol. The lowest BCUT2D eigenvalue weighted by molar-refractivity contribution is 0.600. The van der Waals surface area contributed by atoms with Gasteiger partial charge < -0.3 is 10.2 Å². The molecule has 1 atom stereocenters.